The smallest absolute Gasteiger partial charge is 0.103 e. The fourth-order valence-corrected chi connectivity index (χ4v) is 0.705. The van der Waals surface area contributed by atoms with Gasteiger partial charge in [0.25, 0.3) is 0 Å². The molecule has 3 heteroatoms. The molecule has 0 rings (SSSR count). The number of nitrogens with zero attached hydrogens (tertiary/aromatic N) is 1. The fourth-order valence-electron chi connectivity index (χ4n) is 0.705. The maximum Gasteiger partial charge on any atom is 0.103 e. The second-order valence-electron chi connectivity index (χ2n) is 4.10. The van der Waals surface area contributed by atoms with Gasteiger partial charge in [-0.1, -0.05) is 13.8 Å². The Balaban J connectivity index is 3.64. The van der Waals surface area contributed by atoms with Gasteiger partial charge in [0.05, 0.1) is 12.2 Å². The molecule has 0 saturated carbocycles. The van der Waals surface area contributed by atoms with E-state index >= 15 is 0 Å². The van der Waals surface area contributed by atoms with Crippen molar-refractivity contribution in [1.29, 1.82) is 5.26 Å². The molecule has 0 bridgehead atoms. The van der Waals surface area contributed by atoms with Crippen molar-refractivity contribution in [3.8, 4) is 6.07 Å². The van der Waals surface area contributed by atoms with Gasteiger partial charge in [-0.25, -0.2) is 0 Å². The zero-order valence-electron chi connectivity index (χ0n) is 9.00. The summed E-state index contributed by atoms with van der Waals surface area (Å²) in [6, 6.07) is 2.04. The van der Waals surface area contributed by atoms with E-state index in [-0.39, 0.29) is 6.10 Å². The summed E-state index contributed by atoms with van der Waals surface area (Å²) >= 11 is 0. The first kappa shape index (κ1) is 12.4. The van der Waals surface area contributed by atoms with E-state index in [0.29, 0.717) is 18.9 Å². The highest BCUT2D eigenvalue weighted by molar-refractivity contribution is 5.00. The van der Waals surface area contributed by atoms with Gasteiger partial charge in [-0.05, 0) is 19.8 Å². The predicted molar refractivity (Wildman–Crippen MR) is 53.1 cm³/mol. The quantitative estimate of drug-likeness (QED) is 0.707. The molecule has 0 fully saturated rings. The highest BCUT2D eigenvalue weighted by Crippen LogP contribution is 2.09. The SMILES string of the molecule is CC(C)C(C)OCCC(C)(N)C#N. The molecule has 0 amide bonds. The minimum Gasteiger partial charge on any atom is -0.378 e. The summed E-state index contributed by atoms with van der Waals surface area (Å²) in [5.41, 5.74) is 4.88. The topological polar surface area (TPSA) is 59.0 Å². The average molecular weight is 184 g/mol. The van der Waals surface area contributed by atoms with Gasteiger partial charge < -0.3 is 10.5 Å². The molecule has 0 aliphatic carbocycles. The monoisotopic (exact) mass is 184 g/mol. The van der Waals surface area contributed by atoms with Gasteiger partial charge in [-0.2, -0.15) is 5.26 Å². The number of rotatable bonds is 5. The van der Waals surface area contributed by atoms with Gasteiger partial charge in [0, 0.05) is 13.0 Å². The maximum absolute atomic E-state index is 8.64. The van der Waals surface area contributed by atoms with Crippen LogP contribution in [0.5, 0.6) is 0 Å². The lowest BCUT2D eigenvalue weighted by atomic mass is 10.0. The fraction of sp³-hybridized carbons (Fsp3) is 0.900. The second kappa shape index (κ2) is 5.21. The van der Waals surface area contributed by atoms with Gasteiger partial charge >= 0.3 is 0 Å². The van der Waals surface area contributed by atoms with Gasteiger partial charge in [-0.3, -0.25) is 0 Å². The zero-order valence-corrected chi connectivity index (χ0v) is 9.00. The Morgan fingerprint density at radius 2 is 2.00 bits per heavy atom. The largest absolute Gasteiger partial charge is 0.378 e. The first-order chi connectivity index (χ1) is 5.89. The van der Waals surface area contributed by atoms with Crippen LogP contribution in [-0.4, -0.2) is 18.2 Å². The van der Waals surface area contributed by atoms with Crippen LogP contribution in [-0.2, 0) is 4.74 Å². The van der Waals surface area contributed by atoms with Crippen molar-refractivity contribution >= 4 is 0 Å². The van der Waals surface area contributed by atoms with E-state index < -0.39 is 5.54 Å². The van der Waals surface area contributed by atoms with E-state index in [0.717, 1.165) is 0 Å². The molecule has 76 valence electrons. The third-order valence-electron chi connectivity index (χ3n) is 2.20. The minimum absolute atomic E-state index is 0.231. The van der Waals surface area contributed by atoms with E-state index in [1.165, 1.54) is 0 Å². The Kier molecular flexibility index (Phi) is 4.97. The van der Waals surface area contributed by atoms with Crippen LogP contribution in [0.3, 0.4) is 0 Å². The van der Waals surface area contributed by atoms with Crippen LogP contribution in [0.15, 0.2) is 0 Å². The van der Waals surface area contributed by atoms with Crippen LogP contribution in [0.25, 0.3) is 0 Å². The third-order valence-corrected chi connectivity index (χ3v) is 2.20. The molecule has 0 saturated heterocycles. The highest BCUT2D eigenvalue weighted by Gasteiger charge is 2.17. The Labute approximate surface area is 80.9 Å². The molecule has 0 spiro atoms. The molecular weight excluding hydrogens is 164 g/mol. The number of nitriles is 1. The third kappa shape index (κ3) is 5.62. The lowest BCUT2D eigenvalue weighted by Crippen LogP contribution is -2.36. The van der Waals surface area contributed by atoms with Crippen LogP contribution < -0.4 is 5.73 Å². The van der Waals surface area contributed by atoms with Crippen LogP contribution in [0, 0.1) is 17.2 Å². The van der Waals surface area contributed by atoms with E-state index in [9.17, 15) is 0 Å². The van der Waals surface area contributed by atoms with Crippen molar-refractivity contribution in [1.82, 2.24) is 0 Å². The van der Waals surface area contributed by atoms with Crippen LogP contribution in [0.4, 0.5) is 0 Å². The number of hydrogen-bond donors (Lipinski definition) is 1. The summed E-state index contributed by atoms with van der Waals surface area (Å²) in [7, 11) is 0. The second-order valence-corrected chi connectivity index (χ2v) is 4.10. The summed E-state index contributed by atoms with van der Waals surface area (Å²) in [5, 5.41) is 8.64. The Hall–Kier alpha value is -0.590. The van der Waals surface area contributed by atoms with Crippen LogP contribution >= 0.6 is 0 Å². The van der Waals surface area contributed by atoms with E-state index in [1.54, 1.807) is 6.92 Å². The van der Waals surface area contributed by atoms with Gasteiger partial charge in [0.15, 0.2) is 0 Å². The lowest BCUT2D eigenvalue weighted by Gasteiger charge is -2.20. The predicted octanol–water partition coefficient (Wildman–Crippen LogP) is 1.68. The normalized spacial score (nSPS) is 17.9. The number of nitrogens with two attached hydrogens (primary N) is 1. The van der Waals surface area contributed by atoms with Crippen molar-refractivity contribution in [2.24, 2.45) is 11.7 Å². The molecule has 0 aromatic carbocycles. The minimum atomic E-state index is -0.753. The Morgan fingerprint density at radius 3 is 2.38 bits per heavy atom. The molecule has 2 atom stereocenters. The Bertz CT molecular complexity index is 182. The van der Waals surface area contributed by atoms with Gasteiger partial charge in [0.1, 0.15) is 5.54 Å². The molecule has 2 N–H and O–H groups in total. The number of ether oxygens (including phenoxy) is 1. The maximum atomic E-state index is 8.64. The summed E-state index contributed by atoms with van der Waals surface area (Å²) in [4.78, 5) is 0. The van der Waals surface area contributed by atoms with Gasteiger partial charge in [0.2, 0.25) is 0 Å². The van der Waals surface area contributed by atoms with E-state index in [2.05, 4.69) is 13.8 Å². The van der Waals surface area contributed by atoms with Crippen molar-refractivity contribution < 1.29 is 4.74 Å². The summed E-state index contributed by atoms with van der Waals surface area (Å²) in [6.07, 6.45) is 0.815. The highest BCUT2D eigenvalue weighted by atomic mass is 16.5. The zero-order chi connectivity index (χ0) is 10.5. The van der Waals surface area contributed by atoms with Crippen LogP contribution in [0.2, 0.25) is 0 Å². The van der Waals surface area contributed by atoms with Crippen molar-refractivity contribution in [2.75, 3.05) is 6.61 Å². The molecule has 3 nitrogen and oxygen atoms in total. The first-order valence-electron chi connectivity index (χ1n) is 4.71. The molecule has 13 heavy (non-hydrogen) atoms. The molecule has 0 aliphatic heterocycles. The first-order valence-corrected chi connectivity index (χ1v) is 4.71. The standard InChI is InChI=1S/C10H20N2O/c1-8(2)9(3)13-6-5-10(4,12)7-11/h8-9H,5-6,12H2,1-4H3. The Morgan fingerprint density at radius 1 is 1.46 bits per heavy atom. The molecule has 0 aliphatic rings. The molecule has 0 heterocycles. The number of hydrogen-bond acceptors (Lipinski definition) is 3. The van der Waals surface area contributed by atoms with Crippen molar-refractivity contribution in [2.45, 2.75) is 45.8 Å². The molecule has 0 aromatic heterocycles. The van der Waals surface area contributed by atoms with Gasteiger partial charge in [-0.15, -0.1) is 0 Å². The van der Waals surface area contributed by atoms with Crippen LogP contribution in [0.1, 0.15) is 34.1 Å². The average Bonchev–Trinajstić information content (AvgIpc) is 2.04. The lowest BCUT2D eigenvalue weighted by molar-refractivity contribution is 0.0294. The molecule has 2 unspecified atom stereocenters. The van der Waals surface area contributed by atoms with Crippen molar-refractivity contribution in [3.05, 3.63) is 0 Å². The van der Waals surface area contributed by atoms with E-state index in [4.69, 9.17) is 15.7 Å². The summed E-state index contributed by atoms with van der Waals surface area (Å²) in [5.74, 6) is 0.506. The van der Waals surface area contributed by atoms with Crippen molar-refractivity contribution in [3.63, 3.8) is 0 Å². The van der Waals surface area contributed by atoms with E-state index in [1.807, 2.05) is 13.0 Å². The summed E-state index contributed by atoms with van der Waals surface area (Å²) in [6.45, 7) is 8.52. The molecule has 0 aromatic rings. The molecular formula is C10H20N2O. The summed E-state index contributed by atoms with van der Waals surface area (Å²) < 4.78 is 5.51. The molecule has 0 radical (unpaired) electrons.